The van der Waals surface area contributed by atoms with Crippen LogP contribution in [-0.2, 0) is 18.4 Å². The smallest absolute Gasteiger partial charge is 0.475 e. The number of benzene rings is 1. The number of para-hydroxylation sites is 1. The Hall–Kier alpha value is -4.81. The van der Waals surface area contributed by atoms with Gasteiger partial charge in [-0.25, -0.2) is 14.8 Å². The van der Waals surface area contributed by atoms with Gasteiger partial charge in [0.05, 0.1) is 24.1 Å². The molecule has 0 aliphatic carbocycles. The van der Waals surface area contributed by atoms with Crippen LogP contribution in [0.1, 0.15) is 21.9 Å². The van der Waals surface area contributed by atoms with Crippen LogP contribution < -0.4 is 10.6 Å². The topological polar surface area (TPSA) is 135 Å². The first kappa shape index (κ1) is 26.8. The van der Waals surface area contributed by atoms with Gasteiger partial charge in [0.25, 0.3) is 5.91 Å². The third-order valence-corrected chi connectivity index (χ3v) is 4.76. The highest BCUT2D eigenvalue weighted by Crippen LogP contribution is 2.22. The fourth-order valence-electron chi connectivity index (χ4n) is 2.91. The summed E-state index contributed by atoms with van der Waals surface area (Å²) < 4.78 is 33.5. The summed E-state index contributed by atoms with van der Waals surface area (Å²) in [5.41, 5.74) is 4.69. The SMILES string of the molecule is Cc1cnc(CNC(=O)c2cc(-c3cnc(Nc4ccccc4)nc3)cn2C)cn1.O=C(O)C(F)(F)F. The summed E-state index contributed by atoms with van der Waals surface area (Å²) in [7, 11) is 1.83. The molecule has 13 heteroatoms. The number of rotatable bonds is 6. The van der Waals surface area contributed by atoms with E-state index in [4.69, 9.17) is 9.90 Å². The molecule has 4 aromatic rings. The Morgan fingerprint density at radius 3 is 2.19 bits per heavy atom. The van der Waals surface area contributed by atoms with Gasteiger partial charge >= 0.3 is 12.1 Å². The van der Waals surface area contributed by atoms with E-state index in [9.17, 15) is 18.0 Å². The molecule has 0 fully saturated rings. The minimum Gasteiger partial charge on any atom is -0.475 e. The number of nitrogens with zero attached hydrogens (tertiary/aromatic N) is 5. The van der Waals surface area contributed by atoms with Gasteiger partial charge in [0, 0.05) is 48.6 Å². The Balaban J connectivity index is 0.000000479. The molecule has 0 aliphatic rings. The fraction of sp³-hybridized carbons (Fsp3) is 0.167. The molecule has 10 nitrogen and oxygen atoms in total. The summed E-state index contributed by atoms with van der Waals surface area (Å²) in [5.74, 6) is -2.43. The van der Waals surface area contributed by atoms with Crippen LogP contribution in [-0.4, -0.2) is 47.7 Å². The Labute approximate surface area is 209 Å². The molecule has 37 heavy (non-hydrogen) atoms. The van der Waals surface area contributed by atoms with E-state index in [0.29, 0.717) is 23.9 Å². The van der Waals surface area contributed by atoms with Crippen molar-refractivity contribution < 1.29 is 27.9 Å². The highest BCUT2D eigenvalue weighted by Gasteiger charge is 2.38. The van der Waals surface area contributed by atoms with Crippen LogP contribution in [0, 0.1) is 6.92 Å². The molecular formula is C24H22F3N7O3. The predicted octanol–water partition coefficient (Wildman–Crippen LogP) is 3.89. The van der Waals surface area contributed by atoms with Crippen LogP contribution >= 0.6 is 0 Å². The molecular weight excluding hydrogens is 491 g/mol. The van der Waals surface area contributed by atoms with E-state index in [2.05, 4.69) is 30.6 Å². The number of halogens is 3. The molecule has 0 saturated heterocycles. The van der Waals surface area contributed by atoms with Crippen LogP contribution in [0.5, 0.6) is 0 Å². The van der Waals surface area contributed by atoms with Crippen LogP contribution in [0.25, 0.3) is 11.1 Å². The van der Waals surface area contributed by atoms with E-state index in [1.165, 1.54) is 0 Å². The molecule has 192 valence electrons. The third-order valence-electron chi connectivity index (χ3n) is 4.76. The monoisotopic (exact) mass is 513 g/mol. The van der Waals surface area contributed by atoms with Crippen LogP contribution in [0.3, 0.4) is 0 Å². The molecule has 3 aromatic heterocycles. The number of aromatic nitrogens is 5. The Morgan fingerprint density at radius 1 is 0.973 bits per heavy atom. The molecule has 0 unspecified atom stereocenters. The van der Waals surface area contributed by atoms with E-state index in [-0.39, 0.29) is 5.91 Å². The molecule has 0 saturated carbocycles. The summed E-state index contributed by atoms with van der Waals surface area (Å²) in [6.07, 6.45) is 3.60. The van der Waals surface area contributed by atoms with Gasteiger partial charge in [-0.3, -0.25) is 14.8 Å². The van der Waals surface area contributed by atoms with Crippen molar-refractivity contribution in [2.45, 2.75) is 19.6 Å². The Kier molecular flexibility index (Phi) is 8.51. The van der Waals surface area contributed by atoms with Crippen molar-refractivity contribution in [3.63, 3.8) is 0 Å². The van der Waals surface area contributed by atoms with Gasteiger partial charge in [0.2, 0.25) is 5.95 Å². The number of hydrogen-bond acceptors (Lipinski definition) is 7. The van der Waals surface area contributed by atoms with E-state index >= 15 is 0 Å². The van der Waals surface area contributed by atoms with Crippen LogP contribution in [0.4, 0.5) is 24.8 Å². The predicted molar refractivity (Wildman–Crippen MR) is 128 cm³/mol. The van der Waals surface area contributed by atoms with Gasteiger partial charge in [-0.2, -0.15) is 13.2 Å². The number of amides is 1. The highest BCUT2D eigenvalue weighted by atomic mass is 19.4. The molecule has 0 atom stereocenters. The van der Waals surface area contributed by atoms with E-state index in [1.807, 2.05) is 56.6 Å². The maximum atomic E-state index is 12.6. The maximum Gasteiger partial charge on any atom is 0.490 e. The normalized spacial score (nSPS) is 10.7. The van der Waals surface area contributed by atoms with Crippen molar-refractivity contribution in [3.05, 3.63) is 84.5 Å². The number of carboxylic acids is 1. The first-order valence-corrected chi connectivity index (χ1v) is 10.7. The van der Waals surface area contributed by atoms with Crippen molar-refractivity contribution in [2.24, 2.45) is 7.05 Å². The number of alkyl halides is 3. The zero-order valence-electron chi connectivity index (χ0n) is 19.7. The van der Waals surface area contributed by atoms with E-state index in [1.54, 1.807) is 29.4 Å². The first-order chi connectivity index (χ1) is 17.5. The number of carbonyl (C=O) groups is 2. The van der Waals surface area contributed by atoms with Crippen LogP contribution in [0.2, 0.25) is 0 Å². The summed E-state index contributed by atoms with van der Waals surface area (Å²) in [6, 6.07) is 11.5. The number of anilines is 2. The van der Waals surface area contributed by atoms with Crippen molar-refractivity contribution >= 4 is 23.5 Å². The summed E-state index contributed by atoms with van der Waals surface area (Å²) in [6.45, 7) is 2.18. The molecule has 0 radical (unpaired) electrons. The summed E-state index contributed by atoms with van der Waals surface area (Å²) in [5, 5.41) is 13.1. The van der Waals surface area contributed by atoms with Crippen molar-refractivity contribution in [3.8, 4) is 11.1 Å². The zero-order chi connectivity index (χ0) is 27.0. The molecule has 3 heterocycles. The van der Waals surface area contributed by atoms with Gasteiger partial charge in [0.1, 0.15) is 5.69 Å². The van der Waals surface area contributed by atoms with Crippen molar-refractivity contribution in [1.29, 1.82) is 0 Å². The number of carbonyl (C=O) groups excluding carboxylic acids is 1. The summed E-state index contributed by atoms with van der Waals surface area (Å²) in [4.78, 5) is 38.7. The minimum atomic E-state index is -5.08. The second-order valence-electron chi connectivity index (χ2n) is 7.65. The largest absolute Gasteiger partial charge is 0.490 e. The Bertz CT molecular complexity index is 1340. The van der Waals surface area contributed by atoms with E-state index in [0.717, 1.165) is 22.5 Å². The average molecular weight is 513 g/mol. The van der Waals surface area contributed by atoms with Crippen LogP contribution in [0.15, 0.2) is 67.4 Å². The van der Waals surface area contributed by atoms with Gasteiger partial charge in [-0.15, -0.1) is 0 Å². The highest BCUT2D eigenvalue weighted by molar-refractivity contribution is 5.94. The van der Waals surface area contributed by atoms with Crippen molar-refractivity contribution in [1.82, 2.24) is 29.8 Å². The molecule has 0 spiro atoms. The molecule has 3 N–H and O–H groups in total. The standard InChI is InChI=1S/C22H21N7O.C2HF3O2/c1-15-9-24-19(12-23-15)13-25-21(30)20-8-16(14-29(20)2)17-10-26-22(27-11-17)28-18-6-4-3-5-7-18;3-2(4,5)1(6)7/h3-12,14H,13H2,1-2H3,(H,25,30)(H,26,27,28);(H,6,7). The van der Waals surface area contributed by atoms with Gasteiger partial charge in [-0.05, 0) is 25.1 Å². The van der Waals surface area contributed by atoms with Gasteiger partial charge in [-0.1, -0.05) is 18.2 Å². The average Bonchev–Trinajstić information content (AvgIpc) is 3.26. The molecule has 4 rings (SSSR count). The lowest BCUT2D eigenvalue weighted by Gasteiger charge is -2.05. The fourth-order valence-corrected chi connectivity index (χ4v) is 2.91. The van der Waals surface area contributed by atoms with E-state index < -0.39 is 12.1 Å². The number of carboxylic acid groups (broad SMARTS) is 1. The second kappa shape index (κ2) is 11.7. The molecule has 0 bridgehead atoms. The lowest BCUT2D eigenvalue weighted by atomic mass is 10.2. The Morgan fingerprint density at radius 2 is 1.62 bits per heavy atom. The zero-order valence-corrected chi connectivity index (χ0v) is 19.7. The van der Waals surface area contributed by atoms with Crippen molar-refractivity contribution in [2.75, 3.05) is 5.32 Å². The number of nitrogens with one attached hydrogen (secondary N) is 2. The van der Waals surface area contributed by atoms with Gasteiger partial charge < -0.3 is 20.3 Å². The number of aliphatic carboxylic acids is 1. The minimum absolute atomic E-state index is 0.186. The number of aryl methyl sites for hydroxylation is 2. The first-order valence-electron chi connectivity index (χ1n) is 10.7. The molecule has 1 amide bonds. The second-order valence-corrected chi connectivity index (χ2v) is 7.65. The summed E-state index contributed by atoms with van der Waals surface area (Å²) >= 11 is 0. The quantitative estimate of drug-likeness (QED) is 0.354. The maximum absolute atomic E-state index is 12.6. The number of hydrogen-bond donors (Lipinski definition) is 3. The third kappa shape index (κ3) is 7.85. The molecule has 1 aromatic carbocycles. The molecule has 0 aliphatic heterocycles. The van der Waals surface area contributed by atoms with Gasteiger partial charge in [0.15, 0.2) is 0 Å². The lowest BCUT2D eigenvalue weighted by Crippen LogP contribution is -2.25. The lowest BCUT2D eigenvalue weighted by molar-refractivity contribution is -0.192.